The first-order valence-corrected chi connectivity index (χ1v) is 12.7. The van der Waals surface area contributed by atoms with E-state index in [1.807, 2.05) is 0 Å². The van der Waals surface area contributed by atoms with Crippen LogP contribution >= 0.6 is 0 Å². The molecule has 0 saturated heterocycles. The molecule has 9 atom stereocenters. The van der Waals surface area contributed by atoms with Crippen molar-refractivity contribution in [3.63, 3.8) is 0 Å². The van der Waals surface area contributed by atoms with Crippen LogP contribution in [0.5, 0.6) is 0 Å². The first-order valence-electron chi connectivity index (χ1n) is 12.7. The van der Waals surface area contributed by atoms with Gasteiger partial charge in [0, 0.05) is 0 Å². The summed E-state index contributed by atoms with van der Waals surface area (Å²) in [6, 6.07) is 0. The summed E-state index contributed by atoms with van der Waals surface area (Å²) >= 11 is 0. The fourth-order valence-electron chi connectivity index (χ4n) is 8.80. The van der Waals surface area contributed by atoms with Crippen molar-refractivity contribution in [2.24, 2.45) is 46.8 Å². The third kappa shape index (κ3) is 3.86. The van der Waals surface area contributed by atoms with Gasteiger partial charge in [-0.15, -0.1) is 0 Å². The Kier molecular flexibility index (Phi) is 6.01. The van der Waals surface area contributed by atoms with Crippen molar-refractivity contribution in [3.8, 4) is 0 Å². The van der Waals surface area contributed by atoms with Crippen LogP contribution < -0.4 is 0 Å². The van der Waals surface area contributed by atoms with E-state index < -0.39 is 5.60 Å². The van der Waals surface area contributed by atoms with Crippen molar-refractivity contribution in [3.05, 3.63) is 11.6 Å². The lowest BCUT2D eigenvalue weighted by Gasteiger charge is -2.56. The largest absolute Gasteiger partial charge is 0.393 e. The van der Waals surface area contributed by atoms with Gasteiger partial charge in [0.1, 0.15) is 0 Å². The van der Waals surface area contributed by atoms with E-state index in [0.29, 0.717) is 23.2 Å². The van der Waals surface area contributed by atoms with E-state index in [-0.39, 0.29) is 6.10 Å². The Hall–Kier alpha value is -0.340. The maximum absolute atomic E-state index is 11.5. The molecular weight excluding hydrogens is 356 g/mol. The fourth-order valence-corrected chi connectivity index (χ4v) is 8.80. The second-order valence-corrected chi connectivity index (χ2v) is 12.4. The Labute approximate surface area is 179 Å². The summed E-state index contributed by atoms with van der Waals surface area (Å²) in [6.07, 6.45) is 14.1. The van der Waals surface area contributed by atoms with E-state index in [0.717, 1.165) is 49.4 Å². The van der Waals surface area contributed by atoms with E-state index >= 15 is 0 Å². The van der Waals surface area contributed by atoms with Crippen LogP contribution in [0.1, 0.15) is 98.8 Å². The molecule has 29 heavy (non-hydrogen) atoms. The minimum Gasteiger partial charge on any atom is -0.393 e. The standard InChI is InChI=1S/C27H46O2/c1-17(2)7-6-13-27(5,29)24-11-10-23-21-9-8-19-16-20(28)15-18(3)25(19)22(21)12-14-26(23,24)4/h8,17-18,20-25,28-29H,6-7,9-16H2,1-5H3/t18-,20+,21?,22?,23?,24?,25?,26+,27+/m1/s1. The van der Waals surface area contributed by atoms with Gasteiger partial charge in [-0.3, -0.25) is 0 Å². The minimum absolute atomic E-state index is 0.116. The molecule has 0 radical (unpaired) electrons. The maximum atomic E-state index is 11.5. The molecule has 0 aromatic carbocycles. The first-order chi connectivity index (χ1) is 13.6. The molecule has 3 fully saturated rings. The molecule has 0 amide bonds. The predicted octanol–water partition coefficient (Wildman–Crippen LogP) is 6.36. The third-order valence-electron chi connectivity index (χ3n) is 9.98. The van der Waals surface area contributed by atoms with Crippen molar-refractivity contribution >= 4 is 0 Å². The average molecular weight is 403 g/mol. The van der Waals surface area contributed by atoms with Crippen LogP contribution in [0.25, 0.3) is 0 Å². The topological polar surface area (TPSA) is 40.5 Å². The van der Waals surface area contributed by atoms with Gasteiger partial charge in [0.25, 0.3) is 0 Å². The second-order valence-electron chi connectivity index (χ2n) is 12.4. The lowest BCUT2D eigenvalue weighted by molar-refractivity contribution is -0.0988. The molecule has 0 aromatic heterocycles. The van der Waals surface area contributed by atoms with Gasteiger partial charge in [0.15, 0.2) is 0 Å². The predicted molar refractivity (Wildman–Crippen MR) is 120 cm³/mol. The molecule has 2 nitrogen and oxygen atoms in total. The van der Waals surface area contributed by atoms with E-state index in [1.165, 1.54) is 38.5 Å². The van der Waals surface area contributed by atoms with Crippen LogP contribution in [-0.4, -0.2) is 21.9 Å². The van der Waals surface area contributed by atoms with E-state index in [9.17, 15) is 10.2 Å². The molecule has 2 N–H and O–H groups in total. The van der Waals surface area contributed by atoms with Crippen LogP contribution in [-0.2, 0) is 0 Å². The molecule has 0 aliphatic heterocycles. The molecule has 4 rings (SSSR count). The molecule has 0 aromatic rings. The maximum Gasteiger partial charge on any atom is 0.0653 e. The van der Waals surface area contributed by atoms with Crippen LogP contribution in [0.15, 0.2) is 11.6 Å². The highest BCUT2D eigenvalue weighted by Gasteiger charge is 2.59. The summed E-state index contributed by atoms with van der Waals surface area (Å²) < 4.78 is 0. The summed E-state index contributed by atoms with van der Waals surface area (Å²) in [7, 11) is 0. The van der Waals surface area contributed by atoms with Crippen LogP contribution in [0.2, 0.25) is 0 Å². The number of hydrogen-bond acceptors (Lipinski definition) is 2. The summed E-state index contributed by atoms with van der Waals surface area (Å²) in [5, 5.41) is 21.8. The minimum atomic E-state index is -0.511. The Morgan fingerprint density at radius 2 is 1.97 bits per heavy atom. The number of aliphatic hydroxyl groups is 2. The molecule has 166 valence electrons. The quantitative estimate of drug-likeness (QED) is 0.525. The van der Waals surface area contributed by atoms with Gasteiger partial charge in [-0.25, -0.2) is 0 Å². The zero-order valence-corrected chi connectivity index (χ0v) is 19.7. The van der Waals surface area contributed by atoms with Crippen molar-refractivity contribution in [1.29, 1.82) is 0 Å². The van der Waals surface area contributed by atoms with Crippen molar-refractivity contribution in [2.75, 3.05) is 0 Å². The van der Waals surface area contributed by atoms with Gasteiger partial charge in [0.2, 0.25) is 0 Å². The molecule has 5 unspecified atom stereocenters. The second kappa shape index (κ2) is 7.97. The Bertz CT molecular complexity index is 620. The summed E-state index contributed by atoms with van der Waals surface area (Å²) in [5.41, 5.74) is 1.38. The highest BCUT2D eigenvalue weighted by Crippen LogP contribution is 2.65. The van der Waals surface area contributed by atoms with Gasteiger partial charge in [0.05, 0.1) is 11.7 Å². The molecule has 0 heterocycles. The monoisotopic (exact) mass is 402 g/mol. The highest BCUT2D eigenvalue weighted by atomic mass is 16.3. The molecule has 0 bridgehead atoms. The smallest absolute Gasteiger partial charge is 0.0653 e. The zero-order chi connectivity index (χ0) is 21.0. The zero-order valence-electron chi connectivity index (χ0n) is 19.7. The molecule has 4 aliphatic carbocycles. The average Bonchev–Trinajstić information content (AvgIpc) is 2.98. The fraction of sp³-hybridized carbons (Fsp3) is 0.926. The van der Waals surface area contributed by atoms with E-state index in [1.54, 1.807) is 5.57 Å². The summed E-state index contributed by atoms with van der Waals surface area (Å²) in [4.78, 5) is 0. The van der Waals surface area contributed by atoms with Crippen LogP contribution in [0, 0.1) is 46.8 Å². The van der Waals surface area contributed by atoms with Gasteiger partial charge < -0.3 is 10.2 Å². The normalized spacial score (nSPS) is 46.5. The lowest BCUT2D eigenvalue weighted by Crippen LogP contribution is -2.51. The van der Waals surface area contributed by atoms with E-state index in [2.05, 4.69) is 40.7 Å². The molecule has 4 aliphatic rings. The van der Waals surface area contributed by atoms with Crippen molar-refractivity contribution in [1.82, 2.24) is 0 Å². The van der Waals surface area contributed by atoms with Crippen LogP contribution in [0.3, 0.4) is 0 Å². The first kappa shape index (κ1) is 21.9. The molecule has 0 spiro atoms. The highest BCUT2D eigenvalue weighted by molar-refractivity contribution is 5.21. The van der Waals surface area contributed by atoms with Crippen LogP contribution in [0.4, 0.5) is 0 Å². The SMILES string of the molecule is CC(C)CCC[C@](C)(O)C1CCC2C3CC=C4C[C@@H](O)C[C@@H](C)C4C3CC[C@@]21C. The molecule has 2 heteroatoms. The summed E-state index contributed by atoms with van der Waals surface area (Å²) in [6.45, 7) is 11.7. The van der Waals surface area contributed by atoms with Gasteiger partial charge in [-0.05, 0) is 105 Å². The van der Waals surface area contributed by atoms with E-state index in [4.69, 9.17) is 0 Å². The number of allylic oxidation sites excluding steroid dienone is 1. The number of hydrogen-bond donors (Lipinski definition) is 2. The van der Waals surface area contributed by atoms with Gasteiger partial charge in [-0.1, -0.05) is 52.2 Å². The number of aliphatic hydroxyl groups excluding tert-OH is 1. The number of rotatable bonds is 5. The summed E-state index contributed by atoms with van der Waals surface area (Å²) in [5.74, 6) is 4.93. The van der Waals surface area contributed by atoms with Crippen molar-refractivity contribution < 1.29 is 10.2 Å². The van der Waals surface area contributed by atoms with Gasteiger partial charge in [-0.2, -0.15) is 0 Å². The number of fused-ring (bicyclic) bond motifs is 5. The molecule has 3 saturated carbocycles. The Morgan fingerprint density at radius 3 is 2.69 bits per heavy atom. The Morgan fingerprint density at radius 1 is 1.21 bits per heavy atom. The Balaban J connectivity index is 1.51. The van der Waals surface area contributed by atoms with Gasteiger partial charge >= 0.3 is 0 Å². The van der Waals surface area contributed by atoms with Crippen molar-refractivity contribution in [2.45, 2.75) is 111 Å². The lowest BCUT2D eigenvalue weighted by atomic mass is 9.49. The molecular formula is C27H46O2. The third-order valence-corrected chi connectivity index (χ3v) is 9.98.